The molecule has 0 saturated carbocycles. The number of ether oxygens (including phenoxy) is 1. The van der Waals surface area contributed by atoms with Crippen LogP contribution in [-0.2, 0) is 19.9 Å². The number of fused-ring (bicyclic) bond motifs is 1. The smallest absolute Gasteiger partial charge is 0.487 e. The fourth-order valence-corrected chi connectivity index (χ4v) is 7.38. The summed E-state index contributed by atoms with van der Waals surface area (Å²) in [6, 6.07) is 0. The van der Waals surface area contributed by atoms with E-state index in [0.29, 0.717) is 23.5 Å². The molecule has 226 valence electrons. The Morgan fingerprint density at radius 2 is 1.38 bits per heavy atom. The zero-order valence-corrected chi connectivity index (χ0v) is 27.1. The number of phosphoric ester groups is 1. The van der Waals surface area contributed by atoms with Crippen molar-refractivity contribution in [3.05, 3.63) is 22.3 Å². The van der Waals surface area contributed by atoms with E-state index in [9.17, 15) is 14.0 Å². The second-order valence-electron chi connectivity index (χ2n) is 12.6. The van der Waals surface area contributed by atoms with Crippen molar-refractivity contribution in [2.75, 3.05) is 0 Å². The van der Waals surface area contributed by atoms with Crippen molar-refractivity contribution in [1.29, 1.82) is 0 Å². The highest BCUT2D eigenvalue weighted by Gasteiger charge is 2.38. The summed E-state index contributed by atoms with van der Waals surface area (Å²) in [6.07, 6.45) is 12.7. The number of rotatable bonds is 16. The van der Waals surface area contributed by atoms with Crippen molar-refractivity contribution >= 4 is 15.6 Å². The van der Waals surface area contributed by atoms with E-state index in [0.717, 1.165) is 48.0 Å². The van der Waals surface area contributed by atoms with Crippen molar-refractivity contribution in [3.8, 4) is 11.5 Å². The SMILES string of the molecule is Cc1c(C)c2c(c(C)c1OP(=O)(O)OP(=O)(O)O)CCC(C)(CCCC(C)CCCC(C)CCCC(C)C)O2. The van der Waals surface area contributed by atoms with E-state index < -0.39 is 15.6 Å². The second kappa shape index (κ2) is 14.3. The minimum atomic E-state index is -5.21. The van der Waals surface area contributed by atoms with E-state index in [4.69, 9.17) is 19.0 Å². The van der Waals surface area contributed by atoms with Crippen LogP contribution >= 0.6 is 15.6 Å². The molecule has 2 rings (SSSR count). The lowest BCUT2D eigenvalue weighted by Crippen LogP contribution is -2.37. The van der Waals surface area contributed by atoms with Crippen LogP contribution in [0.1, 0.15) is 121 Å². The molecule has 0 amide bonds. The average molecular weight is 591 g/mol. The third-order valence-corrected chi connectivity index (χ3v) is 10.3. The van der Waals surface area contributed by atoms with E-state index in [1.807, 2.05) is 6.92 Å². The Morgan fingerprint density at radius 3 is 1.92 bits per heavy atom. The molecule has 3 N–H and O–H groups in total. The molecule has 0 radical (unpaired) electrons. The first-order chi connectivity index (χ1) is 17.9. The molecule has 4 atom stereocenters. The van der Waals surface area contributed by atoms with E-state index in [1.54, 1.807) is 13.8 Å². The minimum absolute atomic E-state index is 0.0980. The lowest BCUT2D eigenvalue weighted by Gasteiger charge is -2.38. The summed E-state index contributed by atoms with van der Waals surface area (Å²) >= 11 is 0. The molecule has 0 fully saturated rings. The van der Waals surface area contributed by atoms with Gasteiger partial charge in [-0.25, -0.2) is 9.13 Å². The Kier molecular flexibility index (Phi) is 12.6. The maximum absolute atomic E-state index is 12.2. The standard InChI is InChI=1S/C29H52O8P2/c1-20(2)12-9-13-21(3)14-10-15-22(4)16-11-18-29(8)19-17-26-25(7)27(23(5)24(6)28(26)35-29)36-39(33,34)37-38(30,31)32/h20-22H,9-19H2,1-8H3,(H,33,34)(H2,30,31,32). The number of phosphoric acid groups is 2. The average Bonchev–Trinajstić information content (AvgIpc) is 2.78. The van der Waals surface area contributed by atoms with Gasteiger partial charge in [-0.3, -0.25) is 4.89 Å². The zero-order valence-electron chi connectivity index (χ0n) is 25.3. The van der Waals surface area contributed by atoms with E-state index in [-0.39, 0.29) is 11.4 Å². The first-order valence-corrected chi connectivity index (χ1v) is 17.6. The fourth-order valence-electron chi connectivity index (χ4n) is 5.66. The molecule has 1 aromatic carbocycles. The largest absolute Gasteiger partial charge is 0.536 e. The van der Waals surface area contributed by atoms with Gasteiger partial charge in [0.15, 0.2) is 0 Å². The molecule has 1 heterocycles. The van der Waals surface area contributed by atoms with Crippen molar-refractivity contribution in [3.63, 3.8) is 0 Å². The van der Waals surface area contributed by atoms with Gasteiger partial charge in [-0.1, -0.05) is 72.6 Å². The predicted octanol–water partition coefficient (Wildman–Crippen LogP) is 8.72. The molecule has 1 aliphatic heterocycles. The van der Waals surface area contributed by atoms with Crippen LogP contribution in [0.15, 0.2) is 0 Å². The topological polar surface area (TPSA) is 123 Å². The monoisotopic (exact) mass is 590 g/mol. The van der Waals surface area contributed by atoms with Gasteiger partial charge >= 0.3 is 15.6 Å². The van der Waals surface area contributed by atoms with Gasteiger partial charge in [0.1, 0.15) is 17.1 Å². The highest BCUT2D eigenvalue weighted by atomic mass is 31.3. The van der Waals surface area contributed by atoms with Crippen molar-refractivity contribution < 1.29 is 37.4 Å². The van der Waals surface area contributed by atoms with Crippen LogP contribution in [0.5, 0.6) is 11.5 Å². The summed E-state index contributed by atoms with van der Waals surface area (Å²) in [6.45, 7) is 16.9. The van der Waals surface area contributed by atoms with Gasteiger partial charge in [0.2, 0.25) is 0 Å². The molecule has 39 heavy (non-hydrogen) atoms. The van der Waals surface area contributed by atoms with Crippen LogP contribution in [-0.4, -0.2) is 20.3 Å². The van der Waals surface area contributed by atoms with Crippen LogP contribution in [0.2, 0.25) is 0 Å². The van der Waals surface area contributed by atoms with E-state index >= 15 is 0 Å². The van der Waals surface area contributed by atoms with Crippen LogP contribution in [0.3, 0.4) is 0 Å². The molecule has 8 nitrogen and oxygen atoms in total. The lowest BCUT2D eigenvalue weighted by molar-refractivity contribution is 0.0512. The van der Waals surface area contributed by atoms with Gasteiger partial charge in [0, 0.05) is 5.56 Å². The van der Waals surface area contributed by atoms with Gasteiger partial charge in [-0.15, -0.1) is 0 Å². The minimum Gasteiger partial charge on any atom is -0.487 e. The Hall–Kier alpha value is -0.880. The third-order valence-electron chi connectivity index (χ3n) is 8.25. The summed E-state index contributed by atoms with van der Waals surface area (Å²) in [4.78, 5) is 27.8. The van der Waals surface area contributed by atoms with Crippen LogP contribution < -0.4 is 9.26 Å². The number of hydrogen-bond acceptors (Lipinski definition) is 5. The van der Waals surface area contributed by atoms with Crippen molar-refractivity contribution in [2.45, 2.75) is 132 Å². The molecule has 0 spiro atoms. The van der Waals surface area contributed by atoms with Gasteiger partial charge in [-0.2, -0.15) is 4.31 Å². The van der Waals surface area contributed by atoms with Gasteiger partial charge in [-0.05, 0) is 87.8 Å². The van der Waals surface area contributed by atoms with Crippen molar-refractivity contribution in [1.82, 2.24) is 0 Å². The Labute approximate surface area is 236 Å². The summed E-state index contributed by atoms with van der Waals surface area (Å²) in [5.74, 6) is 3.18. The molecule has 0 bridgehead atoms. The molecule has 1 aliphatic rings. The highest BCUT2D eigenvalue weighted by molar-refractivity contribution is 7.60. The fraction of sp³-hybridized carbons (Fsp3) is 0.793. The number of benzene rings is 1. The van der Waals surface area contributed by atoms with E-state index in [2.05, 4.69) is 38.9 Å². The van der Waals surface area contributed by atoms with Crippen LogP contribution in [0, 0.1) is 38.5 Å². The first-order valence-electron chi connectivity index (χ1n) is 14.5. The Morgan fingerprint density at radius 1 is 0.846 bits per heavy atom. The summed E-state index contributed by atoms with van der Waals surface area (Å²) in [5, 5.41) is 0. The Bertz CT molecular complexity index is 1050. The second-order valence-corrected chi connectivity index (χ2v) is 15.3. The maximum atomic E-state index is 12.2. The van der Waals surface area contributed by atoms with Gasteiger partial charge in [0.05, 0.1) is 0 Å². The Balaban J connectivity index is 1.93. The van der Waals surface area contributed by atoms with Crippen LogP contribution in [0.25, 0.3) is 0 Å². The molecular weight excluding hydrogens is 538 g/mol. The molecule has 0 aromatic heterocycles. The molecular formula is C29H52O8P2. The van der Waals surface area contributed by atoms with Crippen molar-refractivity contribution in [2.24, 2.45) is 17.8 Å². The quantitative estimate of drug-likeness (QED) is 0.163. The summed E-state index contributed by atoms with van der Waals surface area (Å²) in [5.41, 5.74) is 2.57. The predicted molar refractivity (Wildman–Crippen MR) is 156 cm³/mol. The van der Waals surface area contributed by atoms with Gasteiger partial charge < -0.3 is 19.0 Å². The molecule has 10 heteroatoms. The molecule has 0 aliphatic carbocycles. The highest BCUT2D eigenvalue weighted by Crippen LogP contribution is 2.59. The van der Waals surface area contributed by atoms with Crippen LogP contribution in [0.4, 0.5) is 0 Å². The molecule has 4 unspecified atom stereocenters. The summed E-state index contributed by atoms with van der Waals surface area (Å²) in [7, 11) is -10.2. The molecule has 0 saturated heterocycles. The maximum Gasteiger partial charge on any atom is 0.536 e. The normalized spacial score (nSPS) is 20.7. The van der Waals surface area contributed by atoms with E-state index in [1.165, 1.54) is 44.9 Å². The van der Waals surface area contributed by atoms with Gasteiger partial charge in [0.25, 0.3) is 0 Å². The molecule has 1 aromatic rings. The summed E-state index contributed by atoms with van der Waals surface area (Å²) < 4.78 is 39.0. The lowest BCUT2D eigenvalue weighted by atomic mass is 9.84. The third kappa shape index (κ3) is 11.1. The first kappa shape index (κ1) is 34.3. The number of hydrogen-bond donors (Lipinski definition) is 3. The zero-order chi connectivity index (χ0) is 29.6.